The van der Waals surface area contributed by atoms with Crippen LogP contribution in [-0.2, 0) is 14.2 Å². The van der Waals surface area contributed by atoms with E-state index in [0.717, 1.165) is 58.3 Å². The van der Waals surface area contributed by atoms with Crippen LogP contribution in [0.25, 0.3) is 0 Å². The normalized spacial score (nSPS) is 32.5. The van der Waals surface area contributed by atoms with Crippen molar-refractivity contribution in [2.45, 2.75) is 128 Å². The molecule has 0 aromatic heterocycles. The second-order valence-electron chi connectivity index (χ2n) is 12.5. The maximum absolute atomic E-state index is 12.2. The van der Waals surface area contributed by atoms with Gasteiger partial charge in [-0.05, 0) is 66.2 Å². The van der Waals surface area contributed by atoms with Crippen LogP contribution in [0.2, 0.25) is 0 Å². The summed E-state index contributed by atoms with van der Waals surface area (Å²) >= 11 is 0. The Morgan fingerprint density at radius 2 is 1.03 bits per heavy atom. The predicted octanol–water partition coefficient (Wildman–Crippen LogP) is 3.70. The number of fused-ring (bicyclic) bond motifs is 4. The minimum absolute atomic E-state index is 0.0495. The third-order valence-electron chi connectivity index (χ3n) is 9.33. The van der Waals surface area contributed by atoms with E-state index in [2.05, 4.69) is 37.5 Å². The SMILES string of the molecule is CC(C)N1CC2CC(C1)N2C(=O)OC1CCCC1.CC(C)N1CC2CC(C1)N2C(=O)OC1CCOCC1. The molecule has 8 rings (SSSR count). The van der Waals surface area contributed by atoms with Gasteiger partial charge in [0.15, 0.2) is 0 Å². The Kier molecular flexibility index (Phi) is 8.51. The van der Waals surface area contributed by atoms with Crippen molar-refractivity contribution in [3.63, 3.8) is 0 Å². The number of piperidine rings is 2. The highest BCUT2D eigenvalue weighted by atomic mass is 16.6. The zero-order chi connectivity index (χ0) is 26.1. The fraction of sp³-hybridized carbons (Fsp3) is 0.929. The first-order chi connectivity index (χ1) is 17.8. The van der Waals surface area contributed by atoms with Crippen LogP contribution < -0.4 is 0 Å². The smallest absolute Gasteiger partial charge is 0.410 e. The molecule has 1 saturated carbocycles. The molecule has 0 N–H and O–H groups in total. The second-order valence-corrected chi connectivity index (χ2v) is 12.5. The molecule has 4 unspecified atom stereocenters. The first-order valence-electron chi connectivity index (χ1n) is 14.8. The summed E-state index contributed by atoms with van der Waals surface area (Å²) in [5.41, 5.74) is 0. The number of ether oxygens (including phenoxy) is 3. The van der Waals surface area contributed by atoms with Crippen LogP contribution in [0.4, 0.5) is 9.59 Å². The molecule has 2 amide bonds. The van der Waals surface area contributed by atoms with Gasteiger partial charge >= 0.3 is 12.2 Å². The molecule has 7 saturated heterocycles. The molecule has 210 valence electrons. The summed E-state index contributed by atoms with van der Waals surface area (Å²) in [5, 5.41) is 0. The Morgan fingerprint density at radius 1 is 0.649 bits per heavy atom. The van der Waals surface area contributed by atoms with Gasteiger partial charge in [-0.2, -0.15) is 0 Å². The molecule has 4 atom stereocenters. The van der Waals surface area contributed by atoms with Gasteiger partial charge in [0.1, 0.15) is 12.2 Å². The lowest BCUT2D eigenvalue weighted by atomic mass is 9.87. The zero-order valence-corrected chi connectivity index (χ0v) is 23.3. The number of hydrogen-bond acceptors (Lipinski definition) is 7. The van der Waals surface area contributed by atoms with Gasteiger partial charge in [0.25, 0.3) is 0 Å². The third kappa shape index (κ3) is 6.04. The Labute approximate surface area is 222 Å². The van der Waals surface area contributed by atoms with Gasteiger partial charge in [-0.1, -0.05) is 0 Å². The summed E-state index contributed by atoms with van der Waals surface area (Å²) in [6.07, 6.45) is 8.65. The van der Waals surface area contributed by atoms with Crippen LogP contribution in [-0.4, -0.2) is 120 Å². The number of nitrogens with zero attached hydrogens (tertiary/aromatic N) is 4. The zero-order valence-electron chi connectivity index (χ0n) is 23.3. The fourth-order valence-corrected chi connectivity index (χ4v) is 6.93. The number of amides is 2. The monoisotopic (exact) mass is 520 g/mol. The Balaban J connectivity index is 0.000000152. The Hall–Kier alpha value is -1.58. The van der Waals surface area contributed by atoms with Crippen LogP contribution >= 0.6 is 0 Å². The molecule has 1 aliphatic carbocycles. The van der Waals surface area contributed by atoms with E-state index in [9.17, 15) is 9.59 Å². The Morgan fingerprint density at radius 3 is 1.41 bits per heavy atom. The average molecular weight is 521 g/mol. The van der Waals surface area contributed by atoms with E-state index < -0.39 is 0 Å². The summed E-state index contributed by atoms with van der Waals surface area (Å²) in [6.45, 7) is 14.4. The summed E-state index contributed by atoms with van der Waals surface area (Å²) in [4.78, 5) is 33.3. The van der Waals surface area contributed by atoms with Crippen molar-refractivity contribution < 1.29 is 23.8 Å². The van der Waals surface area contributed by atoms with Crippen molar-refractivity contribution in [3.8, 4) is 0 Å². The standard InChI is InChI=1S/C14H24N2O3.C14H24N2O2/c1-10(2)15-8-11-7-12(9-15)16(11)14(17)19-13-3-5-18-6-4-13;1-10(2)15-8-11-7-12(9-15)16(11)14(17)18-13-5-3-4-6-13/h10-13H,3-9H2,1-2H3;10-13H,3-9H2,1-2H3. The topological polar surface area (TPSA) is 74.8 Å². The molecule has 7 aliphatic heterocycles. The largest absolute Gasteiger partial charge is 0.446 e. The van der Waals surface area contributed by atoms with Crippen molar-refractivity contribution in [1.29, 1.82) is 0 Å². The van der Waals surface area contributed by atoms with Crippen molar-refractivity contribution in [2.75, 3.05) is 39.4 Å². The molecule has 9 nitrogen and oxygen atoms in total. The molecule has 8 aliphatic rings. The van der Waals surface area contributed by atoms with Crippen molar-refractivity contribution in [1.82, 2.24) is 19.6 Å². The quantitative estimate of drug-likeness (QED) is 0.560. The maximum Gasteiger partial charge on any atom is 0.410 e. The van der Waals surface area contributed by atoms with Gasteiger partial charge < -0.3 is 14.2 Å². The Bertz CT molecular complexity index is 773. The van der Waals surface area contributed by atoms with Crippen molar-refractivity contribution in [3.05, 3.63) is 0 Å². The van der Waals surface area contributed by atoms with Gasteiger partial charge in [-0.15, -0.1) is 0 Å². The summed E-state index contributed by atoms with van der Waals surface area (Å²) in [5.74, 6) is 0. The summed E-state index contributed by atoms with van der Waals surface area (Å²) in [6, 6.07) is 2.70. The highest BCUT2D eigenvalue weighted by Crippen LogP contribution is 2.35. The molecular formula is C28H48N4O5. The van der Waals surface area contributed by atoms with Crippen LogP contribution in [0.15, 0.2) is 0 Å². The molecule has 0 spiro atoms. The third-order valence-corrected chi connectivity index (χ3v) is 9.33. The fourth-order valence-electron chi connectivity index (χ4n) is 6.93. The molecular weight excluding hydrogens is 472 g/mol. The number of piperazine rings is 2. The lowest BCUT2D eigenvalue weighted by Gasteiger charge is -2.56. The number of rotatable bonds is 4. The first kappa shape index (κ1) is 27.0. The van der Waals surface area contributed by atoms with Crippen molar-refractivity contribution in [2.24, 2.45) is 0 Å². The van der Waals surface area contributed by atoms with E-state index in [-0.39, 0.29) is 24.4 Å². The highest BCUT2D eigenvalue weighted by molar-refractivity contribution is 5.71. The molecule has 8 fully saturated rings. The average Bonchev–Trinajstić information content (AvgIpc) is 3.38. The van der Waals surface area contributed by atoms with E-state index >= 15 is 0 Å². The number of carbonyl (C=O) groups is 2. The number of hydrogen-bond donors (Lipinski definition) is 0. The maximum atomic E-state index is 12.2. The van der Waals surface area contributed by atoms with E-state index in [0.29, 0.717) is 49.5 Å². The predicted molar refractivity (Wildman–Crippen MR) is 141 cm³/mol. The number of carbonyl (C=O) groups excluding carboxylic acids is 2. The summed E-state index contributed by atoms with van der Waals surface area (Å²) < 4.78 is 16.5. The van der Waals surface area contributed by atoms with Crippen LogP contribution in [0.5, 0.6) is 0 Å². The lowest BCUT2D eigenvalue weighted by Crippen LogP contribution is -2.71. The first-order valence-corrected chi connectivity index (χ1v) is 14.8. The van der Waals surface area contributed by atoms with Gasteiger partial charge in [0.2, 0.25) is 0 Å². The molecule has 0 aromatic rings. The van der Waals surface area contributed by atoms with Gasteiger partial charge in [-0.3, -0.25) is 19.6 Å². The minimum atomic E-state index is -0.100. The van der Waals surface area contributed by atoms with Crippen LogP contribution in [0, 0.1) is 0 Å². The van der Waals surface area contributed by atoms with E-state index in [4.69, 9.17) is 14.2 Å². The summed E-state index contributed by atoms with van der Waals surface area (Å²) in [7, 11) is 0. The van der Waals surface area contributed by atoms with Crippen LogP contribution in [0.1, 0.15) is 79.1 Å². The minimum Gasteiger partial charge on any atom is -0.446 e. The lowest BCUT2D eigenvalue weighted by molar-refractivity contribution is -0.0835. The van der Waals surface area contributed by atoms with Gasteiger partial charge in [-0.25, -0.2) is 9.59 Å². The molecule has 7 heterocycles. The highest BCUT2D eigenvalue weighted by Gasteiger charge is 2.50. The second kappa shape index (κ2) is 11.7. The van der Waals surface area contributed by atoms with E-state index in [1.807, 2.05) is 9.80 Å². The van der Waals surface area contributed by atoms with Crippen molar-refractivity contribution >= 4 is 12.2 Å². The van der Waals surface area contributed by atoms with Crippen LogP contribution in [0.3, 0.4) is 0 Å². The molecule has 0 radical (unpaired) electrons. The molecule has 4 bridgehead atoms. The van der Waals surface area contributed by atoms with E-state index in [1.54, 1.807) is 0 Å². The van der Waals surface area contributed by atoms with Gasteiger partial charge in [0.05, 0.1) is 37.4 Å². The molecule has 0 aromatic carbocycles. The molecule has 37 heavy (non-hydrogen) atoms. The molecule has 9 heteroatoms. The van der Waals surface area contributed by atoms with E-state index in [1.165, 1.54) is 19.3 Å². The van der Waals surface area contributed by atoms with Gasteiger partial charge in [0, 0.05) is 51.1 Å².